The molecule has 0 rings (SSSR count). The molecule has 0 fully saturated rings. The molecule has 0 heterocycles. The quantitative estimate of drug-likeness (QED) is 0.0774. The fourth-order valence-corrected chi connectivity index (χ4v) is 2.13. The Morgan fingerprint density at radius 3 is 1.97 bits per heavy atom. The number of nitrogens with zero attached hydrogens (tertiary/aromatic N) is 1. The van der Waals surface area contributed by atoms with Gasteiger partial charge in [-0.15, -0.1) is 0 Å². The zero-order chi connectivity index (χ0) is 22.6. The molecular weight excluding hydrogens is 390 g/mol. The van der Waals surface area contributed by atoms with Crippen LogP contribution in [0.3, 0.4) is 0 Å². The molecule has 0 spiro atoms. The van der Waals surface area contributed by atoms with E-state index in [4.69, 9.17) is 28.0 Å². The summed E-state index contributed by atoms with van der Waals surface area (Å²) < 4.78 is 0. The Morgan fingerprint density at radius 1 is 0.897 bits per heavy atom. The van der Waals surface area contributed by atoms with Gasteiger partial charge >= 0.3 is 11.9 Å². The molecule has 3 amide bonds. The highest BCUT2D eigenvalue weighted by Crippen LogP contribution is 2.02. The summed E-state index contributed by atoms with van der Waals surface area (Å²) in [6, 6.07) is -4.05. The van der Waals surface area contributed by atoms with E-state index >= 15 is 0 Å². The number of carbonyl (C=O) groups excluding carboxylic acids is 3. The highest BCUT2D eigenvalue weighted by atomic mass is 16.4. The van der Waals surface area contributed by atoms with Crippen LogP contribution in [0.4, 0.5) is 0 Å². The fourth-order valence-electron chi connectivity index (χ4n) is 2.13. The Bertz CT molecular complexity index is 649. The lowest BCUT2D eigenvalue weighted by Crippen LogP contribution is -2.55. The van der Waals surface area contributed by atoms with Crippen molar-refractivity contribution >= 4 is 35.6 Å². The molecule has 0 aromatic heterocycles. The zero-order valence-corrected chi connectivity index (χ0v) is 15.7. The van der Waals surface area contributed by atoms with E-state index in [9.17, 15) is 29.1 Å². The number of guanidine groups is 1. The Morgan fingerprint density at radius 2 is 1.48 bits per heavy atom. The lowest BCUT2D eigenvalue weighted by Gasteiger charge is -2.22. The zero-order valence-electron chi connectivity index (χ0n) is 15.7. The van der Waals surface area contributed by atoms with E-state index < -0.39 is 54.2 Å². The smallest absolute Gasteiger partial charge is 0.326 e. The number of amides is 3. The van der Waals surface area contributed by atoms with Crippen LogP contribution in [0.25, 0.3) is 0 Å². The summed E-state index contributed by atoms with van der Waals surface area (Å²) in [7, 11) is 0. The average molecular weight is 417 g/mol. The van der Waals surface area contributed by atoms with Crippen LogP contribution in [0, 0.1) is 0 Å². The van der Waals surface area contributed by atoms with Gasteiger partial charge in [-0.25, -0.2) is 4.79 Å². The van der Waals surface area contributed by atoms with Crippen LogP contribution in [0.15, 0.2) is 4.99 Å². The summed E-state index contributed by atoms with van der Waals surface area (Å²) in [5.74, 6) is -5.44. The topological polar surface area (TPSA) is 266 Å². The van der Waals surface area contributed by atoms with Gasteiger partial charge in [-0.2, -0.15) is 0 Å². The summed E-state index contributed by atoms with van der Waals surface area (Å²) in [6.07, 6.45) is -0.967. The van der Waals surface area contributed by atoms with Crippen molar-refractivity contribution in [1.29, 1.82) is 0 Å². The molecule has 0 aliphatic rings. The second-order valence-corrected chi connectivity index (χ2v) is 6.12. The van der Waals surface area contributed by atoms with E-state index in [1.54, 1.807) is 0 Å². The second kappa shape index (κ2) is 12.9. The van der Waals surface area contributed by atoms with Gasteiger partial charge < -0.3 is 43.8 Å². The third-order valence-corrected chi connectivity index (χ3v) is 3.60. The molecule has 164 valence electrons. The van der Waals surface area contributed by atoms with Crippen LogP contribution >= 0.6 is 0 Å². The summed E-state index contributed by atoms with van der Waals surface area (Å²) in [5.41, 5.74) is 20.9. The first-order valence-corrected chi connectivity index (χ1v) is 8.58. The predicted molar refractivity (Wildman–Crippen MR) is 100 cm³/mol. The second-order valence-electron chi connectivity index (χ2n) is 6.12. The molecule has 0 unspecified atom stereocenters. The van der Waals surface area contributed by atoms with E-state index in [1.165, 1.54) is 0 Å². The first-order valence-electron chi connectivity index (χ1n) is 8.58. The minimum atomic E-state index is -1.48. The number of aliphatic carboxylic acids is 2. The van der Waals surface area contributed by atoms with Gasteiger partial charge in [0.1, 0.15) is 12.1 Å². The van der Waals surface area contributed by atoms with Gasteiger partial charge in [0.25, 0.3) is 0 Å². The Balaban J connectivity index is 4.99. The third kappa shape index (κ3) is 11.8. The molecular formula is C15H27N7O7. The molecule has 0 aromatic carbocycles. The predicted octanol–water partition coefficient (Wildman–Crippen LogP) is -3.84. The van der Waals surface area contributed by atoms with E-state index in [0.717, 1.165) is 0 Å². The number of aliphatic imine (C=N–C) groups is 1. The maximum Gasteiger partial charge on any atom is 0.326 e. The number of rotatable bonds is 14. The van der Waals surface area contributed by atoms with Crippen LogP contribution in [-0.2, 0) is 24.0 Å². The maximum absolute atomic E-state index is 12.4. The lowest BCUT2D eigenvalue weighted by molar-refractivity contribution is -0.142. The SMILES string of the molecule is NC(=O)C[C@H](NC(=O)[C@@H](N)CCC(=O)O)C(=O)N[C@@H](CCCN=C(N)N)C(=O)O. The minimum Gasteiger partial charge on any atom is -0.481 e. The number of primary amides is 1. The number of carboxylic acids is 2. The van der Waals surface area contributed by atoms with Crippen molar-refractivity contribution in [3.63, 3.8) is 0 Å². The highest BCUT2D eigenvalue weighted by Gasteiger charge is 2.29. The van der Waals surface area contributed by atoms with Gasteiger partial charge in [-0.05, 0) is 19.3 Å². The number of hydrogen-bond acceptors (Lipinski definition) is 7. The minimum absolute atomic E-state index is 0.0206. The first-order chi connectivity index (χ1) is 13.4. The average Bonchev–Trinajstić information content (AvgIpc) is 2.60. The molecule has 14 heteroatoms. The molecule has 0 aromatic rings. The Hall–Kier alpha value is -3.42. The van der Waals surface area contributed by atoms with Crippen molar-refractivity contribution in [1.82, 2.24) is 10.6 Å². The van der Waals surface area contributed by atoms with Crippen molar-refractivity contribution in [2.45, 2.75) is 50.2 Å². The van der Waals surface area contributed by atoms with Crippen LogP contribution in [0.1, 0.15) is 32.1 Å². The van der Waals surface area contributed by atoms with Crippen LogP contribution in [0.2, 0.25) is 0 Å². The first kappa shape index (κ1) is 25.6. The highest BCUT2D eigenvalue weighted by molar-refractivity contribution is 5.94. The molecule has 12 N–H and O–H groups in total. The number of nitrogens with one attached hydrogen (secondary N) is 2. The van der Waals surface area contributed by atoms with Gasteiger partial charge in [-0.3, -0.25) is 24.2 Å². The fraction of sp³-hybridized carbons (Fsp3) is 0.600. The summed E-state index contributed by atoms with van der Waals surface area (Å²) >= 11 is 0. The third-order valence-electron chi connectivity index (χ3n) is 3.60. The van der Waals surface area contributed by atoms with Crippen LogP contribution in [-0.4, -0.2) is 70.5 Å². The number of carbonyl (C=O) groups is 5. The largest absolute Gasteiger partial charge is 0.481 e. The molecule has 3 atom stereocenters. The van der Waals surface area contributed by atoms with Gasteiger partial charge in [0.2, 0.25) is 17.7 Å². The van der Waals surface area contributed by atoms with E-state index in [-0.39, 0.29) is 38.2 Å². The molecule has 29 heavy (non-hydrogen) atoms. The van der Waals surface area contributed by atoms with Gasteiger partial charge in [0.15, 0.2) is 5.96 Å². The molecule has 14 nitrogen and oxygen atoms in total. The van der Waals surface area contributed by atoms with Gasteiger partial charge in [-0.1, -0.05) is 0 Å². The molecule has 0 aliphatic heterocycles. The van der Waals surface area contributed by atoms with Crippen molar-refractivity contribution in [2.75, 3.05) is 6.54 Å². The van der Waals surface area contributed by atoms with Crippen molar-refractivity contribution < 1.29 is 34.2 Å². The monoisotopic (exact) mass is 417 g/mol. The number of nitrogens with two attached hydrogens (primary N) is 4. The van der Waals surface area contributed by atoms with E-state index in [1.807, 2.05) is 0 Å². The number of carboxylic acid groups (broad SMARTS) is 2. The number of hydrogen-bond donors (Lipinski definition) is 8. The summed E-state index contributed by atoms with van der Waals surface area (Å²) in [6.45, 7) is 0.141. The standard InChI is InChI=1S/C15H27N7O7/c16-7(3-4-11(24)25)12(26)22-9(6-10(17)23)13(27)21-8(14(28)29)2-1-5-20-15(18)19/h7-9H,1-6,16H2,(H2,17,23)(H,21,27)(H,22,26)(H,24,25)(H,28,29)(H4,18,19,20)/t7-,8-,9-/m0/s1. The van der Waals surface area contributed by atoms with E-state index in [0.29, 0.717) is 0 Å². The molecule has 0 saturated carbocycles. The molecule has 0 radical (unpaired) electrons. The molecule has 0 aliphatic carbocycles. The Kier molecular flexibility index (Phi) is 11.4. The van der Waals surface area contributed by atoms with Gasteiger partial charge in [0.05, 0.1) is 12.5 Å². The van der Waals surface area contributed by atoms with Crippen molar-refractivity contribution in [2.24, 2.45) is 27.9 Å². The van der Waals surface area contributed by atoms with Gasteiger partial charge in [0, 0.05) is 13.0 Å². The summed E-state index contributed by atoms with van der Waals surface area (Å²) in [4.78, 5) is 61.2. The summed E-state index contributed by atoms with van der Waals surface area (Å²) in [5, 5.41) is 22.2. The molecule has 0 saturated heterocycles. The van der Waals surface area contributed by atoms with Crippen LogP contribution in [0.5, 0.6) is 0 Å². The van der Waals surface area contributed by atoms with E-state index in [2.05, 4.69) is 15.6 Å². The Labute approximate surface area is 166 Å². The van der Waals surface area contributed by atoms with Crippen molar-refractivity contribution in [3.8, 4) is 0 Å². The lowest BCUT2D eigenvalue weighted by atomic mass is 10.1. The normalized spacial score (nSPS) is 13.4. The maximum atomic E-state index is 12.4. The van der Waals surface area contributed by atoms with Crippen LogP contribution < -0.4 is 33.6 Å². The van der Waals surface area contributed by atoms with Crippen molar-refractivity contribution in [3.05, 3.63) is 0 Å². The molecule has 0 bridgehead atoms.